The predicted molar refractivity (Wildman–Crippen MR) is 89.4 cm³/mol. The summed E-state index contributed by atoms with van der Waals surface area (Å²) in [5.74, 6) is 0.893. The molecule has 2 nitrogen and oxygen atoms in total. The maximum atomic E-state index is 3.79. The summed E-state index contributed by atoms with van der Waals surface area (Å²) in [6.07, 6.45) is 5.39. The van der Waals surface area contributed by atoms with Gasteiger partial charge in [0.15, 0.2) is 0 Å². The molecule has 2 aliphatic rings. The molecule has 1 saturated heterocycles. The van der Waals surface area contributed by atoms with Gasteiger partial charge in [0.05, 0.1) is 0 Å². The van der Waals surface area contributed by atoms with Gasteiger partial charge in [0.1, 0.15) is 0 Å². The van der Waals surface area contributed by atoms with E-state index in [9.17, 15) is 0 Å². The maximum absolute atomic E-state index is 3.79. The highest BCUT2D eigenvalue weighted by Gasteiger charge is 2.46. The largest absolute Gasteiger partial charge is 0.311 e. The van der Waals surface area contributed by atoms with Gasteiger partial charge in [-0.3, -0.25) is 4.90 Å². The van der Waals surface area contributed by atoms with E-state index in [1.807, 2.05) is 0 Å². The fourth-order valence-corrected chi connectivity index (χ4v) is 3.99. The molecular weight excluding hydrogens is 256 g/mol. The van der Waals surface area contributed by atoms with Crippen LogP contribution in [0.3, 0.4) is 0 Å². The van der Waals surface area contributed by atoms with Crippen LogP contribution in [0, 0.1) is 5.92 Å². The lowest BCUT2D eigenvalue weighted by Gasteiger charge is -2.49. The zero-order valence-corrected chi connectivity index (χ0v) is 13.8. The van der Waals surface area contributed by atoms with Crippen molar-refractivity contribution in [1.29, 1.82) is 0 Å². The van der Waals surface area contributed by atoms with Crippen molar-refractivity contribution < 1.29 is 0 Å². The van der Waals surface area contributed by atoms with Crippen LogP contribution in [0.5, 0.6) is 0 Å². The van der Waals surface area contributed by atoms with Gasteiger partial charge in [0.25, 0.3) is 0 Å². The normalized spacial score (nSPS) is 27.8. The van der Waals surface area contributed by atoms with Crippen LogP contribution < -0.4 is 5.32 Å². The minimum atomic E-state index is 0.328. The van der Waals surface area contributed by atoms with Crippen LogP contribution in [0.2, 0.25) is 0 Å². The number of nitrogens with zero attached hydrogens (tertiary/aromatic N) is 1. The quantitative estimate of drug-likeness (QED) is 0.880. The molecule has 2 fully saturated rings. The average molecular weight is 286 g/mol. The smallest absolute Gasteiger partial charge is 0.0478 e. The van der Waals surface area contributed by atoms with Crippen LogP contribution in [0.4, 0.5) is 0 Å². The van der Waals surface area contributed by atoms with E-state index < -0.39 is 0 Å². The molecule has 1 saturated carbocycles. The summed E-state index contributed by atoms with van der Waals surface area (Å²) in [5.41, 5.74) is 1.79. The molecule has 2 unspecified atom stereocenters. The van der Waals surface area contributed by atoms with Gasteiger partial charge >= 0.3 is 0 Å². The van der Waals surface area contributed by atoms with Crippen molar-refractivity contribution >= 4 is 0 Å². The van der Waals surface area contributed by atoms with Gasteiger partial charge in [0.2, 0.25) is 0 Å². The Kier molecular flexibility index (Phi) is 4.37. The zero-order chi connectivity index (χ0) is 14.9. The highest BCUT2D eigenvalue weighted by molar-refractivity contribution is 5.21. The third kappa shape index (κ3) is 3.17. The van der Waals surface area contributed by atoms with E-state index in [1.54, 1.807) is 0 Å². The third-order valence-electron chi connectivity index (χ3n) is 5.53. The average Bonchev–Trinajstić information content (AvgIpc) is 3.33. The Hall–Kier alpha value is -0.860. The van der Waals surface area contributed by atoms with E-state index in [4.69, 9.17) is 0 Å². The lowest BCUT2D eigenvalue weighted by molar-refractivity contribution is 0.0143. The summed E-state index contributed by atoms with van der Waals surface area (Å²) in [4.78, 5) is 2.80. The van der Waals surface area contributed by atoms with Crippen LogP contribution in [-0.2, 0) is 0 Å². The number of rotatable bonds is 5. The predicted octanol–water partition coefficient (Wildman–Crippen LogP) is 3.99. The highest BCUT2D eigenvalue weighted by atomic mass is 15.3. The molecule has 1 aliphatic heterocycles. The van der Waals surface area contributed by atoms with E-state index in [0.717, 1.165) is 12.5 Å². The fourth-order valence-electron chi connectivity index (χ4n) is 3.99. The minimum absolute atomic E-state index is 0.328. The second-order valence-corrected chi connectivity index (χ2v) is 7.40. The Morgan fingerprint density at radius 2 is 1.90 bits per heavy atom. The summed E-state index contributed by atoms with van der Waals surface area (Å²) in [5, 5.41) is 3.79. The van der Waals surface area contributed by atoms with Crippen molar-refractivity contribution in [1.82, 2.24) is 10.2 Å². The molecule has 1 N–H and O–H groups in total. The monoisotopic (exact) mass is 286 g/mol. The Balaban J connectivity index is 1.83. The molecule has 116 valence electrons. The molecule has 0 bridgehead atoms. The van der Waals surface area contributed by atoms with Crippen molar-refractivity contribution in [3.63, 3.8) is 0 Å². The Bertz CT molecular complexity index is 450. The second-order valence-electron chi connectivity index (χ2n) is 7.40. The van der Waals surface area contributed by atoms with E-state index in [1.165, 1.54) is 37.8 Å². The highest BCUT2D eigenvalue weighted by Crippen LogP contribution is 2.46. The van der Waals surface area contributed by atoms with Gasteiger partial charge in [-0.25, -0.2) is 0 Å². The standard InChI is InChI=1S/C19H30N2/c1-4-8-17-14-21(19(2,3)16-11-12-16)18(13-20-17)15-9-6-5-7-10-15/h5-7,9-10,16-18,20H,4,8,11-14H2,1-3H3. The van der Waals surface area contributed by atoms with Crippen molar-refractivity contribution in [2.75, 3.05) is 13.1 Å². The molecular formula is C19H30N2. The first-order valence-corrected chi connectivity index (χ1v) is 8.68. The second kappa shape index (κ2) is 6.10. The molecule has 2 atom stereocenters. The maximum Gasteiger partial charge on any atom is 0.0478 e. The molecule has 2 heteroatoms. The van der Waals surface area contributed by atoms with Crippen LogP contribution in [0.25, 0.3) is 0 Å². The molecule has 0 spiro atoms. The number of piperazine rings is 1. The topological polar surface area (TPSA) is 15.3 Å². The Labute approximate surface area is 129 Å². The first kappa shape index (κ1) is 15.1. The van der Waals surface area contributed by atoms with E-state index in [2.05, 4.69) is 61.3 Å². The van der Waals surface area contributed by atoms with Crippen LogP contribution in [0.1, 0.15) is 58.1 Å². The van der Waals surface area contributed by atoms with E-state index in [0.29, 0.717) is 17.6 Å². The number of hydrogen-bond donors (Lipinski definition) is 1. The molecule has 1 heterocycles. The molecule has 1 aromatic carbocycles. The van der Waals surface area contributed by atoms with Crippen molar-refractivity contribution in [3.8, 4) is 0 Å². The number of hydrogen-bond acceptors (Lipinski definition) is 2. The first-order chi connectivity index (χ1) is 10.1. The van der Waals surface area contributed by atoms with Gasteiger partial charge in [-0.15, -0.1) is 0 Å². The molecule has 21 heavy (non-hydrogen) atoms. The summed E-state index contributed by atoms with van der Waals surface area (Å²) in [7, 11) is 0. The minimum Gasteiger partial charge on any atom is -0.311 e. The first-order valence-electron chi connectivity index (χ1n) is 8.68. The van der Waals surface area contributed by atoms with Crippen molar-refractivity contribution in [2.24, 2.45) is 5.92 Å². The molecule has 0 radical (unpaired) electrons. The zero-order valence-electron chi connectivity index (χ0n) is 13.8. The number of nitrogens with one attached hydrogen (secondary N) is 1. The fraction of sp³-hybridized carbons (Fsp3) is 0.684. The van der Waals surface area contributed by atoms with E-state index >= 15 is 0 Å². The molecule has 0 aromatic heterocycles. The van der Waals surface area contributed by atoms with Crippen molar-refractivity contribution in [3.05, 3.63) is 35.9 Å². The summed E-state index contributed by atoms with van der Waals surface area (Å²) >= 11 is 0. The van der Waals surface area contributed by atoms with Gasteiger partial charge in [-0.2, -0.15) is 0 Å². The van der Waals surface area contributed by atoms with Gasteiger partial charge in [-0.1, -0.05) is 43.7 Å². The summed E-state index contributed by atoms with van der Waals surface area (Å²) in [6.45, 7) is 9.51. The Morgan fingerprint density at radius 1 is 1.19 bits per heavy atom. The van der Waals surface area contributed by atoms with Gasteiger partial charge < -0.3 is 5.32 Å². The third-order valence-corrected chi connectivity index (χ3v) is 5.53. The molecule has 0 amide bonds. The van der Waals surface area contributed by atoms with Crippen LogP contribution in [-0.4, -0.2) is 29.6 Å². The molecule has 1 aliphatic carbocycles. The van der Waals surface area contributed by atoms with Gasteiger partial charge in [0, 0.05) is 30.7 Å². The van der Waals surface area contributed by atoms with Crippen LogP contribution in [0.15, 0.2) is 30.3 Å². The summed E-state index contributed by atoms with van der Waals surface area (Å²) in [6, 6.07) is 12.2. The van der Waals surface area contributed by atoms with Crippen molar-refractivity contribution in [2.45, 2.75) is 64.1 Å². The summed E-state index contributed by atoms with van der Waals surface area (Å²) < 4.78 is 0. The molecule has 1 aromatic rings. The van der Waals surface area contributed by atoms with E-state index in [-0.39, 0.29) is 0 Å². The molecule has 3 rings (SSSR count). The van der Waals surface area contributed by atoms with Gasteiger partial charge in [-0.05, 0) is 44.6 Å². The lowest BCUT2D eigenvalue weighted by Crippen LogP contribution is -2.59. The lowest BCUT2D eigenvalue weighted by atomic mass is 9.88. The Morgan fingerprint density at radius 3 is 2.52 bits per heavy atom. The van der Waals surface area contributed by atoms with Crippen LogP contribution >= 0.6 is 0 Å². The number of benzene rings is 1. The SMILES string of the molecule is CCCC1CN(C(C)(C)C2CC2)C(c2ccccc2)CN1.